The molecule has 2 aromatic heterocycles. The number of fused-ring (bicyclic) bond motifs is 1. The Hall–Kier alpha value is -1.65. The van der Waals surface area contributed by atoms with E-state index < -0.39 is 0 Å². The van der Waals surface area contributed by atoms with Crippen LogP contribution in [-0.2, 0) is 0 Å². The van der Waals surface area contributed by atoms with E-state index in [1.165, 1.54) is 4.85 Å². The van der Waals surface area contributed by atoms with E-state index in [9.17, 15) is 0 Å². The molecule has 2 heterocycles. The monoisotopic (exact) mass is 224 g/mol. The van der Waals surface area contributed by atoms with Gasteiger partial charge < -0.3 is 4.84 Å². The van der Waals surface area contributed by atoms with E-state index in [2.05, 4.69) is 15.3 Å². The minimum absolute atomic E-state index is 0.551. The maximum Gasteiger partial charge on any atom is 0.219 e. The number of nitrogens with zero attached hydrogens (tertiary/aromatic N) is 4. The first-order valence-corrected chi connectivity index (χ1v) is 5.71. The van der Waals surface area contributed by atoms with Crippen molar-refractivity contribution in [2.24, 2.45) is 0 Å². The highest BCUT2D eigenvalue weighted by Gasteiger charge is 2.03. The molecule has 5 heteroatoms. The molecule has 0 saturated carbocycles. The molecular formula is C11H20N4O. The molecule has 0 radical (unpaired) electrons. The highest BCUT2D eigenvalue weighted by molar-refractivity contribution is 5.68. The zero-order valence-electron chi connectivity index (χ0n) is 10.6. The highest BCUT2D eigenvalue weighted by Crippen LogP contribution is 2.03. The second kappa shape index (κ2) is 8.64. The van der Waals surface area contributed by atoms with Crippen molar-refractivity contribution in [3.8, 4) is 0 Å². The van der Waals surface area contributed by atoms with E-state index >= 15 is 0 Å². The predicted octanol–water partition coefficient (Wildman–Crippen LogP) is 2.33. The maximum atomic E-state index is 5.14. The minimum atomic E-state index is 0.551. The van der Waals surface area contributed by atoms with Gasteiger partial charge in [0.2, 0.25) is 5.65 Å². The van der Waals surface area contributed by atoms with Crippen molar-refractivity contribution >= 4 is 11.2 Å². The first-order valence-electron chi connectivity index (χ1n) is 5.71. The molecule has 0 aromatic carbocycles. The molecule has 0 spiro atoms. The Bertz CT molecular complexity index is 386. The molecule has 0 aliphatic heterocycles. The summed E-state index contributed by atoms with van der Waals surface area (Å²) in [6, 6.07) is 3.65. The summed E-state index contributed by atoms with van der Waals surface area (Å²) < 4.78 is 0. The summed E-state index contributed by atoms with van der Waals surface area (Å²) in [6.07, 6.45) is 1.68. The van der Waals surface area contributed by atoms with Gasteiger partial charge in [0.15, 0.2) is 0 Å². The molecule has 2 rings (SSSR count). The van der Waals surface area contributed by atoms with Gasteiger partial charge in [-0.2, -0.15) is 0 Å². The van der Waals surface area contributed by atoms with Crippen molar-refractivity contribution in [2.75, 3.05) is 6.61 Å². The molecule has 0 unspecified atom stereocenters. The minimum Gasteiger partial charge on any atom is -0.394 e. The Labute approximate surface area is 96.4 Å². The highest BCUT2D eigenvalue weighted by atomic mass is 16.7. The SMILES string of the molecule is CC.CC.CCOn1nnc2cccnc21. The number of rotatable bonds is 2. The average molecular weight is 224 g/mol. The lowest BCUT2D eigenvalue weighted by atomic mass is 10.4. The summed E-state index contributed by atoms with van der Waals surface area (Å²) >= 11 is 0. The van der Waals surface area contributed by atoms with Gasteiger partial charge in [0, 0.05) is 6.20 Å². The number of hydrogen-bond donors (Lipinski definition) is 0. The predicted molar refractivity (Wildman–Crippen MR) is 65.1 cm³/mol. The number of aromatic nitrogens is 4. The van der Waals surface area contributed by atoms with Gasteiger partial charge in [-0.05, 0) is 24.3 Å². The van der Waals surface area contributed by atoms with Gasteiger partial charge in [-0.1, -0.05) is 32.5 Å². The van der Waals surface area contributed by atoms with E-state index in [0.717, 1.165) is 5.52 Å². The lowest BCUT2D eigenvalue weighted by molar-refractivity contribution is 0.0966. The smallest absolute Gasteiger partial charge is 0.219 e. The van der Waals surface area contributed by atoms with Gasteiger partial charge in [0.25, 0.3) is 0 Å². The van der Waals surface area contributed by atoms with Crippen molar-refractivity contribution in [3.63, 3.8) is 0 Å². The van der Waals surface area contributed by atoms with Crippen LogP contribution in [0.4, 0.5) is 0 Å². The largest absolute Gasteiger partial charge is 0.394 e. The van der Waals surface area contributed by atoms with Crippen LogP contribution in [0.1, 0.15) is 34.6 Å². The molecule has 0 aliphatic rings. The first kappa shape index (κ1) is 14.3. The van der Waals surface area contributed by atoms with Gasteiger partial charge in [-0.15, -0.1) is 5.10 Å². The van der Waals surface area contributed by atoms with Gasteiger partial charge in [0.1, 0.15) is 12.1 Å². The Morgan fingerprint density at radius 2 is 1.94 bits per heavy atom. The third kappa shape index (κ3) is 3.49. The molecule has 90 valence electrons. The van der Waals surface area contributed by atoms with Gasteiger partial charge in [0.05, 0.1) is 0 Å². The molecule has 0 aliphatic carbocycles. The third-order valence-corrected chi connectivity index (χ3v) is 1.43. The second-order valence-electron chi connectivity index (χ2n) is 2.23. The molecule has 5 nitrogen and oxygen atoms in total. The molecule has 0 bridgehead atoms. The number of pyridine rings is 1. The van der Waals surface area contributed by atoms with Crippen molar-refractivity contribution < 1.29 is 4.84 Å². The summed E-state index contributed by atoms with van der Waals surface area (Å²) in [5.41, 5.74) is 1.39. The molecule has 2 aromatic rings. The first-order chi connectivity index (χ1) is 7.92. The second-order valence-corrected chi connectivity index (χ2v) is 2.23. The van der Waals surface area contributed by atoms with Crippen molar-refractivity contribution in [2.45, 2.75) is 34.6 Å². The molecule has 0 fully saturated rings. The Balaban J connectivity index is 0.000000509. The van der Waals surface area contributed by atoms with E-state index in [4.69, 9.17) is 4.84 Å². The molecule has 0 atom stereocenters. The molecular weight excluding hydrogens is 204 g/mol. The standard InChI is InChI=1S/C7H8N4O.2C2H6/c1-2-12-11-7-6(9-10-11)4-3-5-8-7;2*1-2/h3-5H,2H2,1H3;2*1-2H3. The molecule has 16 heavy (non-hydrogen) atoms. The fourth-order valence-corrected chi connectivity index (χ4v) is 0.954. The fourth-order valence-electron chi connectivity index (χ4n) is 0.954. The van der Waals surface area contributed by atoms with E-state index in [0.29, 0.717) is 12.3 Å². The number of hydrogen-bond acceptors (Lipinski definition) is 4. The summed E-state index contributed by atoms with van der Waals surface area (Å²) in [7, 11) is 0. The summed E-state index contributed by atoms with van der Waals surface area (Å²) in [4.78, 5) is 10.5. The Morgan fingerprint density at radius 1 is 1.25 bits per heavy atom. The topological polar surface area (TPSA) is 52.8 Å². The zero-order chi connectivity index (χ0) is 12.4. The van der Waals surface area contributed by atoms with Crippen LogP contribution in [0.5, 0.6) is 0 Å². The average Bonchev–Trinajstić information content (AvgIpc) is 2.79. The Kier molecular flexibility index (Phi) is 7.75. The van der Waals surface area contributed by atoms with Crippen LogP contribution in [0.25, 0.3) is 11.2 Å². The summed E-state index contributed by atoms with van der Waals surface area (Å²) in [5.74, 6) is 0. The van der Waals surface area contributed by atoms with Crippen molar-refractivity contribution in [1.82, 2.24) is 20.1 Å². The molecule has 0 N–H and O–H groups in total. The van der Waals surface area contributed by atoms with Gasteiger partial charge in [-0.25, -0.2) is 4.98 Å². The van der Waals surface area contributed by atoms with Crippen LogP contribution >= 0.6 is 0 Å². The lowest BCUT2D eigenvalue weighted by Gasteiger charge is -1.98. The molecule has 0 saturated heterocycles. The Morgan fingerprint density at radius 3 is 2.56 bits per heavy atom. The quantitative estimate of drug-likeness (QED) is 0.785. The van der Waals surface area contributed by atoms with Crippen molar-refractivity contribution in [1.29, 1.82) is 0 Å². The normalized spacial score (nSPS) is 8.56. The molecule has 0 amide bonds. The summed E-state index contributed by atoms with van der Waals surface area (Å²) in [6.45, 7) is 10.4. The summed E-state index contributed by atoms with van der Waals surface area (Å²) in [5, 5.41) is 7.63. The van der Waals surface area contributed by atoms with Crippen molar-refractivity contribution in [3.05, 3.63) is 18.3 Å². The lowest BCUT2D eigenvalue weighted by Crippen LogP contribution is -2.12. The van der Waals surface area contributed by atoms with Gasteiger partial charge in [-0.3, -0.25) is 0 Å². The fraction of sp³-hybridized carbons (Fsp3) is 0.545. The van der Waals surface area contributed by atoms with Crippen LogP contribution in [0.2, 0.25) is 0 Å². The van der Waals surface area contributed by atoms with Gasteiger partial charge >= 0.3 is 0 Å². The van der Waals surface area contributed by atoms with E-state index in [1.54, 1.807) is 6.20 Å². The maximum absolute atomic E-state index is 5.14. The van der Waals surface area contributed by atoms with Crippen LogP contribution in [-0.4, -0.2) is 26.7 Å². The van der Waals surface area contributed by atoms with Crippen LogP contribution in [0, 0.1) is 0 Å². The van der Waals surface area contributed by atoms with Crippen LogP contribution in [0.15, 0.2) is 18.3 Å². The van der Waals surface area contributed by atoms with Crippen LogP contribution < -0.4 is 4.84 Å². The van der Waals surface area contributed by atoms with E-state index in [-0.39, 0.29) is 0 Å². The zero-order valence-corrected chi connectivity index (χ0v) is 10.6. The van der Waals surface area contributed by atoms with Crippen LogP contribution in [0.3, 0.4) is 0 Å². The van der Waals surface area contributed by atoms with E-state index in [1.807, 2.05) is 46.8 Å². The third-order valence-electron chi connectivity index (χ3n) is 1.43.